The third kappa shape index (κ3) is 2.55. The highest BCUT2D eigenvalue weighted by atomic mass is 19.1. The van der Waals surface area contributed by atoms with Gasteiger partial charge >= 0.3 is 0 Å². The number of hydrogen-bond acceptors (Lipinski definition) is 1. The van der Waals surface area contributed by atoms with Crippen molar-refractivity contribution in [3.63, 3.8) is 0 Å². The Bertz CT molecular complexity index is 292. The van der Waals surface area contributed by atoms with Crippen molar-refractivity contribution in [3.05, 3.63) is 35.1 Å². The fourth-order valence-electron chi connectivity index (χ4n) is 1.39. The van der Waals surface area contributed by atoms with E-state index in [1.54, 1.807) is 12.1 Å². The predicted octanol–water partition coefficient (Wildman–Crippen LogP) is 3.22. The maximum absolute atomic E-state index is 13.2. The molecular weight excluding hydrogens is 179 g/mol. The standard InChI is InChI=1S/C10H11FO.C2H6/c11-10-5-7(6-12)1-4-9(10)8-2-3-8;1-2/h1,4-5,8,12H,2-3,6H2;1-2H3. The number of hydrogen-bond donors (Lipinski definition) is 1. The molecule has 1 aliphatic rings. The molecule has 0 radical (unpaired) electrons. The van der Waals surface area contributed by atoms with E-state index < -0.39 is 0 Å². The van der Waals surface area contributed by atoms with Crippen LogP contribution in [0.2, 0.25) is 0 Å². The van der Waals surface area contributed by atoms with Crippen LogP contribution < -0.4 is 0 Å². The average molecular weight is 196 g/mol. The minimum Gasteiger partial charge on any atom is -0.392 e. The summed E-state index contributed by atoms with van der Waals surface area (Å²) < 4.78 is 13.2. The molecule has 1 N–H and O–H groups in total. The zero-order valence-electron chi connectivity index (χ0n) is 8.76. The second kappa shape index (κ2) is 5.11. The smallest absolute Gasteiger partial charge is 0.127 e. The summed E-state index contributed by atoms with van der Waals surface area (Å²) in [6.07, 6.45) is 2.21. The molecule has 1 fully saturated rings. The lowest BCUT2D eigenvalue weighted by atomic mass is 10.1. The molecule has 0 unspecified atom stereocenters. The predicted molar refractivity (Wildman–Crippen MR) is 55.6 cm³/mol. The third-order valence-corrected chi connectivity index (χ3v) is 2.26. The van der Waals surface area contributed by atoms with Crippen LogP contribution in [-0.2, 0) is 6.61 Å². The number of halogens is 1. The molecule has 1 aromatic carbocycles. The van der Waals surface area contributed by atoms with Crippen molar-refractivity contribution < 1.29 is 9.50 Å². The van der Waals surface area contributed by atoms with Crippen molar-refractivity contribution in [1.82, 2.24) is 0 Å². The molecule has 78 valence electrons. The van der Waals surface area contributed by atoms with E-state index >= 15 is 0 Å². The average Bonchev–Trinajstić information content (AvgIpc) is 3.04. The van der Waals surface area contributed by atoms with Gasteiger partial charge in [0.25, 0.3) is 0 Å². The molecule has 1 nitrogen and oxygen atoms in total. The monoisotopic (exact) mass is 196 g/mol. The maximum atomic E-state index is 13.2. The Balaban J connectivity index is 0.000000461. The first-order valence-corrected chi connectivity index (χ1v) is 5.20. The summed E-state index contributed by atoms with van der Waals surface area (Å²) in [5, 5.41) is 8.74. The summed E-state index contributed by atoms with van der Waals surface area (Å²) in [6, 6.07) is 5.00. The molecule has 2 heteroatoms. The van der Waals surface area contributed by atoms with Crippen LogP contribution >= 0.6 is 0 Å². The fourth-order valence-corrected chi connectivity index (χ4v) is 1.39. The minimum absolute atomic E-state index is 0.0815. The quantitative estimate of drug-likeness (QED) is 0.770. The fraction of sp³-hybridized carbons (Fsp3) is 0.500. The van der Waals surface area contributed by atoms with Crippen LogP contribution in [0, 0.1) is 5.82 Å². The lowest BCUT2D eigenvalue weighted by Gasteiger charge is -2.02. The molecule has 0 aliphatic heterocycles. The summed E-state index contributed by atoms with van der Waals surface area (Å²) in [7, 11) is 0. The number of benzene rings is 1. The van der Waals surface area contributed by atoms with Crippen LogP contribution in [0.1, 0.15) is 43.7 Å². The zero-order chi connectivity index (χ0) is 10.6. The molecule has 0 saturated heterocycles. The van der Waals surface area contributed by atoms with E-state index in [1.165, 1.54) is 6.07 Å². The van der Waals surface area contributed by atoms with Crippen LogP contribution in [0.5, 0.6) is 0 Å². The van der Waals surface area contributed by atoms with Gasteiger partial charge in [-0.25, -0.2) is 4.39 Å². The van der Waals surface area contributed by atoms with Crippen molar-refractivity contribution in [2.75, 3.05) is 0 Å². The van der Waals surface area contributed by atoms with E-state index in [0.717, 1.165) is 18.4 Å². The van der Waals surface area contributed by atoms with E-state index in [9.17, 15) is 4.39 Å². The molecule has 0 spiro atoms. The molecule has 1 aromatic rings. The van der Waals surface area contributed by atoms with Gasteiger partial charge < -0.3 is 5.11 Å². The summed E-state index contributed by atoms with van der Waals surface area (Å²) in [5.74, 6) is 0.279. The van der Waals surface area contributed by atoms with Crippen LogP contribution in [0.3, 0.4) is 0 Å². The van der Waals surface area contributed by atoms with Crippen molar-refractivity contribution >= 4 is 0 Å². The van der Waals surface area contributed by atoms with E-state index in [2.05, 4.69) is 0 Å². The number of aliphatic hydroxyl groups excluding tert-OH is 1. The van der Waals surface area contributed by atoms with E-state index in [-0.39, 0.29) is 12.4 Å². The Morgan fingerprint density at radius 2 is 2.00 bits per heavy atom. The molecular formula is C12H17FO. The Morgan fingerprint density at radius 3 is 2.43 bits per heavy atom. The first-order valence-electron chi connectivity index (χ1n) is 5.20. The van der Waals surface area contributed by atoms with Gasteiger partial charge in [0, 0.05) is 0 Å². The van der Waals surface area contributed by atoms with Crippen molar-refractivity contribution in [1.29, 1.82) is 0 Å². The van der Waals surface area contributed by atoms with Crippen LogP contribution in [0.4, 0.5) is 4.39 Å². The molecule has 2 rings (SSSR count). The minimum atomic E-state index is -0.163. The largest absolute Gasteiger partial charge is 0.392 e. The number of aliphatic hydroxyl groups is 1. The Labute approximate surface area is 84.6 Å². The molecule has 1 aliphatic carbocycles. The van der Waals surface area contributed by atoms with Gasteiger partial charge in [-0.1, -0.05) is 26.0 Å². The van der Waals surface area contributed by atoms with E-state index in [0.29, 0.717) is 11.5 Å². The second-order valence-electron chi connectivity index (χ2n) is 3.29. The maximum Gasteiger partial charge on any atom is 0.127 e. The molecule has 1 saturated carbocycles. The zero-order valence-corrected chi connectivity index (χ0v) is 8.76. The van der Waals surface area contributed by atoms with Gasteiger partial charge in [0.2, 0.25) is 0 Å². The molecule has 14 heavy (non-hydrogen) atoms. The topological polar surface area (TPSA) is 20.2 Å². The van der Waals surface area contributed by atoms with Gasteiger partial charge in [-0.15, -0.1) is 0 Å². The van der Waals surface area contributed by atoms with Crippen LogP contribution in [0.25, 0.3) is 0 Å². The lowest BCUT2D eigenvalue weighted by Crippen LogP contribution is -1.90. The highest BCUT2D eigenvalue weighted by Crippen LogP contribution is 2.41. The van der Waals surface area contributed by atoms with Crippen LogP contribution in [-0.4, -0.2) is 5.11 Å². The van der Waals surface area contributed by atoms with Crippen molar-refractivity contribution in [3.8, 4) is 0 Å². The van der Waals surface area contributed by atoms with Crippen molar-refractivity contribution in [2.45, 2.75) is 39.2 Å². The molecule has 0 aromatic heterocycles. The summed E-state index contributed by atoms with van der Waals surface area (Å²) in [4.78, 5) is 0. The van der Waals surface area contributed by atoms with Gasteiger partial charge in [-0.3, -0.25) is 0 Å². The summed E-state index contributed by atoms with van der Waals surface area (Å²) in [6.45, 7) is 3.92. The van der Waals surface area contributed by atoms with Gasteiger partial charge in [0.15, 0.2) is 0 Å². The van der Waals surface area contributed by atoms with Gasteiger partial charge in [0.05, 0.1) is 6.61 Å². The Kier molecular flexibility index (Phi) is 4.08. The first-order chi connectivity index (χ1) is 6.81. The summed E-state index contributed by atoms with van der Waals surface area (Å²) in [5.41, 5.74) is 1.46. The second-order valence-corrected chi connectivity index (χ2v) is 3.29. The van der Waals surface area contributed by atoms with Crippen molar-refractivity contribution in [2.24, 2.45) is 0 Å². The first kappa shape index (κ1) is 11.2. The number of rotatable bonds is 2. The highest BCUT2D eigenvalue weighted by Gasteiger charge is 2.26. The molecule has 0 atom stereocenters. The van der Waals surface area contributed by atoms with Gasteiger partial charge in [-0.05, 0) is 36.0 Å². The Hall–Kier alpha value is -0.890. The van der Waals surface area contributed by atoms with E-state index in [1.807, 2.05) is 13.8 Å². The lowest BCUT2D eigenvalue weighted by molar-refractivity contribution is 0.281. The normalized spacial score (nSPS) is 14.6. The SMILES string of the molecule is CC.OCc1ccc(C2CC2)c(F)c1. The summed E-state index contributed by atoms with van der Waals surface area (Å²) >= 11 is 0. The Morgan fingerprint density at radius 1 is 1.36 bits per heavy atom. The highest BCUT2D eigenvalue weighted by molar-refractivity contribution is 5.29. The third-order valence-electron chi connectivity index (χ3n) is 2.26. The van der Waals surface area contributed by atoms with Gasteiger partial charge in [-0.2, -0.15) is 0 Å². The molecule has 0 bridgehead atoms. The van der Waals surface area contributed by atoms with Gasteiger partial charge in [0.1, 0.15) is 5.82 Å². The van der Waals surface area contributed by atoms with E-state index in [4.69, 9.17) is 5.11 Å². The molecule has 0 amide bonds. The molecule has 0 heterocycles. The van der Waals surface area contributed by atoms with Crippen LogP contribution in [0.15, 0.2) is 18.2 Å².